The number of terminal acetylenes is 3. The van der Waals surface area contributed by atoms with Gasteiger partial charge in [-0.1, -0.05) is 24.3 Å². The van der Waals surface area contributed by atoms with Crippen LogP contribution in [0.2, 0.25) is 0 Å². The minimum absolute atomic E-state index is 0.369. The number of carbonyl (C=O) groups is 1. The van der Waals surface area contributed by atoms with Gasteiger partial charge in [0.1, 0.15) is 0 Å². The molecule has 0 bridgehead atoms. The van der Waals surface area contributed by atoms with Crippen LogP contribution >= 0.6 is 0 Å². The van der Waals surface area contributed by atoms with Crippen LogP contribution in [0.25, 0.3) is 10.8 Å². The zero-order valence-corrected chi connectivity index (χ0v) is 11.6. The fourth-order valence-corrected chi connectivity index (χ4v) is 2.71. The molecule has 0 aliphatic heterocycles. The van der Waals surface area contributed by atoms with Crippen LogP contribution in [0.3, 0.4) is 0 Å². The Morgan fingerprint density at radius 2 is 1.33 bits per heavy atom. The minimum atomic E-state index is 0.369. The van der Waals surface area contributed by atoms with Gasteiger partial charge in [-0.05, 0) is 27.5 Å². The van der Waals surface area contributed by atoms with E-state index in [1.165, 1.54) is 0 Å². The van der Waals surface area contributed by atoms with E-state index in [9.17, 15) is 4.79 Å². The van der Waals surface area contributed by atoms with Crippen molar-refractivity contribution in [2.24, 2.45) is 0 Å². The molecule has 0 aromatic heterocycles. The molecule has 0 fully saturated rings. The van der Waals surface area contributed by atoms with Gasteiger partial charge in [-0.3, -0.25) is 4.79 Å². The molecule has 0 amide bonds. The van der Waals surface area contributed by atoms with Crippen molar-refractivity contribution in [3.8, 4) is 37.0 Å². The maximum atomic E-state index is 11.6. The highest BCUT2D eigenvalue weighted by Gasteiger charge is 2.17. The van der Waals surface area contributed by atoms with Crippen LogP contribution < -0.4 is 0 Å². The summed E-state index contributed by atoms with van der Waals surface area (Å²) < 4.78 is 0. The molecule has 2 aromatic rings. The number of hydrogen-bond acceptors (Lipinski definition) is 1. The number of hydrogen-bond donors (Lipinski definition) is 0. The second-order valence-electron chi connectivity index (χ2n) is 4.66. The molecule has 1 nitrogen and oxygen atoms in total. The van der Waals surface area contributed by atoms with Crippen molar-refractivity contribution < 1.29 is 4.79 Å². The highest BCUT2D eigenvalue weighted by atomic mass is 16.1. The van der Waals surface area contributed by atoms with Crippen molar-refractivity contribution in [1.82, 2.24) is 0 Å². The van der Waals surface area contributed by atoms with Crippen molar-refractivity contribution >= 4 is 17.1 Å². The average Bonchev–Trinajstić information content (AvgIpc) is 2.51. The molecule has 0 aliphatic carbocycles. The van der Waals surface area contributed by atoms with Crippen LogP contribution in [0, 0.1) is 37.0 Å². The summed E-state index contributed by atoms with van der Waals surface area (Å²) >= 11 is 0. The predicted octanol–water partition coefficient (Wildman–Crippen LogP) is 3.18. The van der Waals surface area contributed by atoms with Gasteiger partial charge < -0.3 is 0 Å². The summed E-state index contributed by atoms with van der Waals surface area (Å²) in [5, 5.41) is 1.85. The van der Waals surface area contributed by atoms with Crippen LogP contribution in [0.1, 0.15) is 27.0 Å². The van der Waals surface area contributed by atoms with Crippen LogP contribution in [0.5, 0.6) is 0 Å². The third-order valence-corrected chi connectivity index (χ3v) is 3.55. The summed E-state index contributed by atoms with van der Waals surface area (Å²) in [6.07, 6.45) is 18.6. The van der Waals surface area contributed by atoms with Gasteiger partial charge in [-0.25, -0.2) is 0 Å². The maximum Gasteiger partial charge on any atom is 0.150 e. The quantitative estimate of drug-likeness (QED) is 0.616. The summed E-state index contributed by atoms with van der Waals surface area (Å²) in [5.74, 6) is 7.93. The molecule has 2 aromatic carbocycles. The van der Waals surface area contributed by atoms with Gasteiger partial charge in [0.25, 0.3) is 0 Å². The molecule has 0 saturated heterocycles. The lowest BCUT2D eigenvalue weighted by Crippen LogP contribution is -2.06. The lowest BCUT2D eigenvalue weighted by molar-refractivity contribution is 0.112. The smallest absolute Gasteiger partial charge is 0.150 e. The zero-order chi connectivity index (χ0) is 15.2. The van der Waals surface area contributed by atoms with E-state index in [0.29, 0.717) is 24.8 Å². The number of benzene rings is 2. The molecule has 0 unspecified atom stereocenters. The number of fused-ring (bicyclic) bond motifs is 1. The predicted molar refractivity (Wildman–Crippen MR) is 86.9 cm³/mol. The van der Waals surface area contributed by atoms with E-state index in [-0.39, 0.29) is 0 Å². The highest BCUT2D eigenvalue weighted by molar-refractivity contribution is 6.02. The van der Waals surface area contributed by atoms with Gasteiger partial charge >= 0.3 is 0 Å². The molecule has 0 aliphatic rings. The molecule has 0 spiro atoms. The minimum Gasteiger partial charge on any atom is -0.298 e. The Balaban J connectivity index is 2.99. The normalized spacial score (nSPS) is 9.57. The van der Waals surface area contributed by atoms with E-state index in [2.05, 4.69) is 17.8 Å². The summed E-state index contributed by atoms with van der Waals surface area (Å²) in [7, 11) is 0. The lowest BCUT2D eigenvalue weighted by atomic mass is 9.85. The molecule has 0 atom stereocenters. The largest absolute Gasteiger partial charge is 0.298 e. The molecule has 2 rings (SSSR count). The van der Waals surface area contributed by atoms with Crippen molar-refractivity contribution in [1.29, 1.82) is 0 Å². The molecular weight excluding hydrogens is 256 g/mol. The number of rotatable bonds is 4. The Morgan fingerprint density at radius 3 is 1.90 bits per heavy atom. The molecule has 0 saturated carbocycles. The second kappa shape index (κ2) is 6.47. The second-order valence-corrected chi connectivity index (χ2v) is 4.66. The standard InChI is InChI=1S/C20H14O/c1-4-9-15-16(10-5-2)18-12-7-8-13-19(18)20(14-21)17(15)11-6-3/h1-3,7-8,12-14H,9-11H2. The summed E-state index contributed by atoms with van der Waals surface area (Å²) in [6, 6.07) is 7.71. The monoisotopic (exact) mass is 270 g/mol. The molecule has 0 heterocycles. The Labute approximate surface area is 125 Å². The first-order valence-electron chi connectivity index (χ1n) is 6.59. The topological polar surface area (TPSA) is 17.1 Å². The van der Waals surface area contributed by atoms with Gasteiger partial charge in [0.15, 0.2) is 6.29 Å². The molecule has 0 N–H and O–H groups in total. The molecule has 1 heteroatoms. The van der Waals surface area contributed by atoms with Crippen molar-refractivity contribution in [3.63, 3.8) is 0 Å². The third kappa shape index (κ3) is 2.53. The van der Waals surface area contributed by atoms with Crippen molar-refractivity contribution in [2.75, 3.05) is 0 Å². The summed E-state index contributed by atoms with van der Waals surface area (Å²) in [5.41, 5.74) is 3.38. The van der Waals surface area contributed by atoms with Crippen LogP contribution in [-0.2, 0) is 19.3 Å². The van der Waals surface area contributed by atoms with Crippen LogP contribution in [0.4, 0.5) is 0 Å². The number of carbonyl (C=O) groups excluding carboxylic acids is 1. The van der Waals surface area contributed by atoms with Crippen molar-refractivity contribution in [3.05, 3.63) is 46.5 Å². The van der Waals surface area contributed by atoms with Gasteiger partial charge in [0, 0.05) is 24.8 Å². The highest BCUT2D eigenvalue weighted by Crippen LogP contribution is 2.31. The van der Waals surface area contributed by atoms with E-state index < -0.39 is 0 Å². The first-order valence-corrected chi connectivity index (χ1v) is 6.59. The molecule has 100 valence electrons. The molecule has 0 radical (unpaired) electrons. The van der Waals surface area contributed by atoms with E-state index in [1.807, 2.05) is 24.3 Å². The SMILES string of the molecule is C#CCc1c(CC#C)c(CC#C)c2ccccc2c1C=O. The van der Waals surface area contributed by atoms with E-state index >= 15 is 0 Å². The first-order chi connectivity index (χ1) is 10.3. The summed E-state index contributed by atoms with van der Waals surface area (Å²) in [4.78, 5) is 11.6. The van der Waals surface area contributed by atoms with Gasteiger partial charge in [0.2, 0.25) is 0 Å². The van der Waals surface area contributed by atoms with Gasteiger partial charge in [-0.2, -0.15) is 0 Å². The van der Waals surface area contributed by atoms with E-state index in [0.717, 1.165) is 33.7 Å². The molecular formula is C20H14O. The lowest BCUT2D eigenvalue weighted by Gasteiger charge is -2.17. The van der Waals surface area contributed by atoms with E-state index in [1.54, 1.807) is 0 Å². The fraction of sp³-hybridized carbons (Fsp3) is 0.150. The zero-order valence-electron chi connectivity index (χ0n) is 11.6. The maximum absolute atomic E-state index is 11.6. The van der Waals surface area contributed by atoms with Crippen LogP contribution in [-0.4, -0.2) is 6.29 Å². The van der Waals surface area contributed by atoms with Crippen LogP contribution in [0.15, 0.2) is 24.3 Å². The Bertz CT molecular complexity index is 820. The first kappa shape index (κ1) is 14.5. The third-order valence-electron chi connectivity index (χ3n) is 3.55. The van der Waals surface area contributed by atoms with Crippen molar-refractivity contribution in [2.45, 2.75) is 19.3 Å². The fourth-order valence-electron chi connectivity index (χ4n) is 2.71. The Hall–Kier alpha value is -2.95. The Morgan fingerprint density at radius 1 is 0.810 bits per heavy atom. The average molecular weight is 270 g/mol. The summed E-state index contributed by atoms with van der Waals surface area (Å²) in [6.45, 7) is 0. The number of aldehydes is 1. The van der Waals surface area contributed by atoms with Gasteiger partial charge in [-0.15, -0.1) is 37.0 Å². The molecule has 21 heavy (non-hydrogen) atoms. The Kier molecular flexibility index (Phi) is 4.46. The van der Waals surface area contributed by atoms with E-state index in [4.69, 9.17) is 19.3 Å². The van der Waals surface area contributed by atoms with Gasteiger partial charge in [0.05, 0.1) is 0 Å².